The number of carboxylic acids is 1. The second-order valence-corrected chi connectivity index (χ2v) is 8.35. The van der Waals surface area contributed by atoms with Crippen LogP contribution in [0.3, 0.4) is 0 Å². The fraction of sp³-hybridized carbons (Fsp3) is 0.238. The van der Waals surface area contributed by atoms with Gasteiger partial charge in [-0.25, -0.2) is 9.78 Å². The highest BCUT2D eigenvalue weighted by Gasteiger charge is 2.12. The first-order valence-electron chi connectivity index (χ1n) is 9.28. The monoisotopic (exact) mass is 535 g/mol. The molecule has 1 N–H and O–H groups in total. The van der Waals surface area contributed by atoms with E-state index in [0.29, 0.717) is 34.5 Å². The van der Waals surface area contributed by atoms with Crippen molar-refractivity contribution < 1.29 is 14.6 Å². The van der Waals surface area contributed by atoms with Crippen LogP contribution in [0.5, 0.6) is 5.75 Å². The summed E-state index contributed by atoms with van der Waals surface area (Å²) in [6.45, 7) is 1.59. The lowest BCUT2D eigenvalue weighted by Crippen LogP contribution is -2.22. The Kier molecular flexibility index (Phi) is 7.38. The number of carbonyl (C=O) groups is 1. The maximum Gasteiger partial charge on any atom is 0.341 e. The maximum atomic E-state index is 13.1. The fourth-order valence-corrected chi connectivity index (χ4v) is 3.56. The maximum absolute atomic E-state index is 13.1. The van der Waals surface area contributed by atoms with Crippen LogP contribution in [-0.4, -0.2) is 33.6 Å². The van der Waals surface area contributed by atoms with Crippen LogP contribution in [0.25, 0.3) is 10.9 Å². The van der Waals surface area contributed by atoms with Crippen LogP contribution in [0.1, 0.15) is 31.2 Å². The van der Waals surface area contributed by atoms with E-state index in [9.17, 15) is 9.59 Å². The van der Waals surface area contributed by atoms with E-state index >= 15 is 0 Å². The lowest BCUT2D eigenvalue weighted by molar-refractivity contribution is -0.139. The Labute approximate surface area is 189 Å². The number of unbranched alkanes of at least 4 members (excludes halogenated alkanes) is 1. The Morgan fingerprint density at radius 3 is 2.70 bits per heavy atom. The lowest BCUT2D eigenvalue weighted by atomic mass is 10.2. The van der Waals surface area contributed by atoms with Gasteiger partial charge in [-0.15, -0.1) is 0 Å². The van der Waals surface area contributed by atoms with Crippen molar-refractivity contribution in [3.8, 4) is 5.75 Å². The van der Waals surface area contributed by atoms with E-state index in [1.807, 2.05) is 6.07 Å². The third-order valence-corrected chi connectivity index (χ3v) is 5.25. The van der Waals surface area contributed by atoms with Gasteiger partial charge in [0, 0.05) is 20.9 Å². The molecule has 0 saturated heterocycles. The van der Waals surface area contributed by atoms with E-state index in [2.05, 4.69) is 48.9 Å². The Hall–Kier alpha value is -2.52. The molecule has 1 heterocycles. The number of hydrogen-bond donors (Lipinski definition) is 1. The molecule has 3 aromatic rings. The molecule has 0 bridgehead atoms. The Morgan fingerprint density at radius 2 is 1.97 bits per heavy atom. The molecule has 0 aliphatic carbocycles. The van der Waals surface area contributed by atoms with Gasteiger partial charge in [0.05, 0.1) is 17.1 Å². The molecule has 0 aliphatic heterocycles. The number of aryl methyl sites for hydroxylation is 1. The first-order chi connectivity index (χ1) is 14.4. The lowest BCUT2D eigenvalue weighted by Gasteiger charge is -2.10. The molecule has 0 unspecified atom stereocenters. The zero-order valence-corrected chi connectivity index (χ0v) is 19.3. The molecule has 0 saturated carbocycles. The SMILES string of the molecule is CCCCc1nc2ccc(Br)cc2c(=O)n1N=Cc1cc(Br)ccc1OCC(=O)O. The Bertz CT molecular complexity index is 1170. The highest BCUT2D eigenvalue weighted by atomic mass is 79.9. The summed E-state index contributed by atoms with van der Waals surface area (Å²) in [6, 6.07) is 10.5. The topological polar surface area (TPSA) is 93.8 Å². The summed E-state index contributed by atoms with van der Waals surface area (Å²) in [6.07, 6.45) is 3.91. The summed E-state index contributed by atoms with van der Waals surface area (Å²) < 4.78 is 8.18. The summed E-state index contributed by atoms with van der Waals surface area (Å²) in [5.74, 6) is -0.164. The van der Waals surface area contributed by atoms with E-state index < -0.39 is 12.6 Å². The molecule has 0 spiro atoms. The van der Waals surface area contributed by atoms with Gasteiger partial charge >= 0.3 is 5.97 Å². The standard InChI is InChI=1S/C21H19Br2N3O4/c1-2-3-4-19-25-17-7-5-15(23)10-16(17)21(29)26(19)24-11-13-9-14(22)6-8-18(13)30-12-20(27)28/h5-11H,2-4,12H2,1H3,(H,27,28). The third-order valence-electron chi connectivity index (χ3n) is 4.26. The van der Waals surface area contributed by atoms with Gasteiger partial charge in [0.15, 0.2) is 6.61 Å². The number of fused-ring (bicyclic) bond motifs is 1. The smallest absolute Gasteiger partial charge is 0.341 e. The fourth-order valence-electron chi connectivity index (χ4n) is 2.82. The molecule has 0 radical (unpaired) electrons. The number of aromatic nitrogens is 2. The zero-order chi connectivity index (χ0) is 21.7. The van der Waals surface area contributed by atoms with Gasteiger partial charge < -0.3 is 9.84 Å². The van der Waals surface area contributed by atoms with Gasteiger partial charge in [0.2, 0.25) is 0 Å². The first-order valence-corrected chi connectivity index (χ1v) is 10.9. The van der Waals surface area contributed by atoms with Crippen molar-refractivity contribution in [2.75, 3.05) is 6.61 Å². The predicted octanol–water partition coefficient (Wildman–Crippen LogP) is 4.61. The third kappa shape index (κ3) is 5.34. The van der Waals surface area contributed by atoms with E-state index in [1.54, 1.807) is 30.3 Å². The summed E-state index contributed by atoms with van der Waals surface area (Å²) >= 11 is 6.78. The average molecular weight is 537 g/mol. The van der Waals surface area contributed by atoms with Crippen molar-refractivity contribution in [3.63, 3.8) is 0 Å². The number of ether oxygens (including phenoxy) is 1. The molecule has 9 heteroatoms. The second kappa shape index (κ2) is 9.99. The van der Waals surface area contributed by atoms with Crippen molar-refractivity contribution in [1.29, 1.82) is 0 Å². The van der Waals surface area contributed by atoms with Crippen LogP contribution in [-0.2, 0) is 11.2 Å². The van der Waals surface area contributed by atoms with E-state index in [-0.39, 0.29) is 5.56 Å². The normalized spacial score (nSPS) is 11.3. The van der Waals surface area contributed by atoms with Crippen molar-refractivity contribution in [1.82, 2.24) is 9.66 Å². The average Bonchev–Trinajstić information content (AvgIpc) is 2.71. The van der Waals surface area contributed by atoms with E-state index in [1.165, 1.54) is 10.9 Å². The molecule has 2 aromatic carbocycles. The molecule has 0 amide bonds. The van der Waals surface area contributed by atoms with Gasteiger partial charge in [0.1, 0.15) is 11.6 Å². The van der Waals surface area contributed by atoms with E-state index in [4.69, 9.17) is 9.84 Å². The van der Waals surface area contributed by atoms with E-state index in [0.717, 1.165) is 21.8 Å². The van der Waals surface area contributed by atoms with Gasteiger partial charge in [0.25, 0.3) is 5.56 Å². The molecule has 0 fully saturated rings. The molecule has 1 aromatic heterocycles. The minimum atomic E-state index is -1.08. The number of aliphatic carboxylic acids is 1. The number of halogens is 2. The predicted molar refractivity (Wildman–Crippen MR) is 123 cm³/mol. The van der Waals surface area contributed by atoms with Crippen molar-refractivity contribution >= 4 is 54.9 Å². The van der Waals surface area contributed by atoms with Crippen LogP contribution in [0.4, 0.5) is 0 Å². The quantitative estimate of drug-likeness (QED) is 0.424. The molecular formula is C21H19Br2N3O4. The number of hydrogen-bond acceptors (Lipinski definition) is 5. The van der Waals surface area contributed by atoms with Crippen LogP contribution in [0.2, 0.25) is 0 Å². The molecule has 3 rings (SSSR count). The minimum Gasteiger partial charge on any atom is -0.481 e. The number of carboxylic acid groups (broad SMARTS) is 1. The molecule has 156 valence electrons. The number of benzene rings is 2. The molecular weight excluding hydrogens is 518 g/mol. The molecule has 30 heavy (non-hydrogen) atoms. The van der Waals surface area contributed by atoms with Crippen LogP contribution < -0.4 is 10.3 Å². The first kappa shape index (κ1) is 22.2. The highest BCUT2D eigenvalue weighted by Crippen LogP contribution is 2.22. The number of nitrogens with zero attached hydrogens (tertiary/aromatic N) is 3. The second-order valence-electron chi connectivity index (χ2n) is 6.52. The van der Waals surface area contributed by atoms with Gasteiger partial charge in [-0.2, -0.15) is 9.78 Å². The van der Waals surface area contributed by atoms with Crippen molar-refractivity contribution in [2.24, 2.45) is 5.10 Å². The van der Waals surface area contributed by atoms with Crippen molar-refractivity contribution in [2.45, 2.75) is 26.2 Å². The zero-order valence-electron chi connectivity index (χ0n) is 16.1. The summed E-state index contributed by atoms with van der Waals surface area (Å²) in [5.41, 5.74) is 0.883. The minimum absolute atomic E-state index is 0.272. The summed E-state index contributed by atoms with van der Waals surface area (Å²) in [5, 5.41) is 13.7. The van der Waals surface area contributed by atoms with Gasteiger partial charge in [-0.3, -0.25) is 4.79 Å². The van der Waals surface area contributed by atoms with Crippen LogP contribution in [0, 0.1) is 0 Å². The molecule has 0 atom stereocenters. The molecule has 0 aliphatic rings. The largest absolute Gasteiger partial charge is 0.481 e. The van der Waals surface area contributed by atoms with Crippen LogP contribution >= 0.6 is 31.9 Å². The Morgan fingerprint density at radius 1 is 1.23 bits per heavy atom. The molecule has 7 nitrogen and oxygen atoms in total. The summed E-state index contributed by atoms with van der Waals surface area (Å²) in [4.78, 5) is 28.6. The Balaban J connectivity index is 2.09. The van der Waals surface area contributed by atoms with Crippen LogP contribution in [0.15, 0.2) is 55.2 Å². The van der Waals surface area contributed by atoms with Crippen molar-refractivity contribution in [3.05, 3.63) is 67.1 Å². The van der Waals surface area contributed by atoms with Gasteiger partial charge in [-0.1, -0.05) is 45.2 Å². The number of rotatable bonds is 8. The highest BCUT2D eigenvalue weighted by molar-refractivity contribution is 9.10. The van der Waals surface area contributed by atoms with Gasteiger partial charge in [-0.05, 0) is 42.8 Å². The summed E-state index contributed by atoms with van der Waals surface area (Å²) in [7, 11) is 0.